The second-order valence-electron chi connectivity index (χ2n) is 9.27. The Hall–Kier alpha value is -4.32. The number of halogens is 3. The molecule has 0 aliphatic carbocycles. The number of ether oxygens (including phenoxy) is 2. The molecule has 1 fully saturated rings. The average Bonchev–Trinajstić information content (AvgIpc) is 3.57. The maximum Gasteiger partial charge on any atom is 0.435 e. The van der Waals surface area contributed by atoms with Crippen LogP contribution in [-0.4, -0.2) is 57.4 Å². The molecule has 1 aliphatic heterocycles. The molecule has 202 valence electrons. The van der Waals surface area contributed by atoms with Gasteiger partial charge in [-0.1, -0.05) is 18.2 Å². The van der Waals surface area contributed by atoms with Crippen LogP contribution in [0.1, 0.15) is 17.0 Å². The number of fused-ring (bicyclic) bond motifs is 2. The van der Waals surface area contributed by atoms with E-state index in [1.54, 1.807) is 7.11 Å². The summed E-state index contributed by atoms with van der Waals surface area (Å²) in [4.78, 5) is 12.8. The zero-order valence-electron chi connectivity index (χ0n) is 21.2. The van der Waals surface area contributed by atoms with E-state index in [4.69, 9.17) is 14.5 Å². The molecule has 1 aliphatic rings. The fraction of sp³-hybridized carbons (Fsp3) is 0.296. The van der Waals surface area contributed by atoms with Crippen molar-refractivity contribution in [3.63, 3.8) is 0 Å². The van der Waals surface area contributed by atoms with E-state index in [9.17, 15) is 13.2 Å². The number of imidazole rings is 2. The van der Waals surface area contributed by atoms with Crippen LogP contribution in [-0.2, 0) is 24.0 Å². The monoisotopic (exact) mass is 537 g/mol. The van der Waals surface area contributed by atoms with Crippen molar-refractivity contribution < 1.29 is 22.6 Å². The Morgan fingerprint density at radius 2 is 1.85 bits per heavy atom. The highest BCUT2D eigenvalue weighted by Gasteiger charge is 2.36. The Labute approximate surface area is 222 Å². The second kappa shape index (κ2) is 10.1. The fourth-order valence-corrected chi connectivity index (χ4v) is 4.75. The molecular weight excluding hydrogens is 511 g/mol. The number of hydrogen-bond acceptors (Lipinski definition) is 7. The molecule has 0 unspecified atom stereocenters. The highest BCUT2D eigenvalue weighted by atomic mass is 19.4. The van der Waals surface area contributed by atoms with E-state index in [1.165, 1.54) is 0 Å². The molecule has 1 saturated heterocycles. The van der Waals surface area contributed by atoms with Crippen molar-refractivity contribution in [1.29, 1.82) is 0 Å². The number of benzene rings is 1. The molecule has 6 rings (SSSR count). The number of morpholine rings is 1. The minimum Gasteiger partial charge on any atom is -0.497 e. The Bertz CT molecular complexity index is 1560. The molecule has 9 nitrogen and oxygen atoms in total. The standard InChI is InChI=1S/C27H26F3N7O2/c1-38-21-7-5-19(6-8-21)16-36(18-20-17-35-9-3-2-4-24(35)32-20)22-14-25(34-10-12-39-13-11-34)33-37-23(27(28,29)30)15-31-26(22)37/h2-9,14-15,17H,10-13,16,18H2,1H3. The molecule has 0 saturated carbocycles. The first kappa shape index (κ1) is 25.0. The van der Waals surface area contributed by atoms with Gasteiger partial charge in [0.2, 0.25) is 0 Å². The molecule has 4 aromatic heterocycles. The third-order valence-electron chi connectivity index (χ3n) is 6.70. The maximum atomic E-state index is 14.0. The molecule has 5 aromatic rings. The lowest BCUT2D eigenvalue weighted by atomic mass is 10.2. The lowest BCUT2D eigenvalue weighted by molar-refractivity contribution is -0.142. The van der Waals surface area contributed by atoms with E-state index in [0.717, 1.165) is 33.4 Å². The average molecular weight is 538 g/mol. The van der Waals surface area contributed by atoms with Crippen LogP contribution in [0.4, 0.5) is 24.7 Å². The van der Waals surface area contributed by atoms with E-state index >= 15 is 0 Å². The highest BCUT2D eigenvalue weighted by Crippen LogP contribution is 2.34. The molecule has 39 heavy (non-hydrogen) atoms. The third-order valence-corrected chi connectivity index (χ3v) is 6.70. The van der Waals surface area contributed by atoms with Crippen molar-refractivity contribution in [2.45, 2.75) is 19.3 Å². The summed E-state index contributed by atoms with van der Waals surface area (Å²) < 4.78 is 55.5. The van der Waals surface area contributed by atoms with Crippen molar-refractivity contribution in [3.05, 3.63) is 84.1 Å². The van der Waals surface area contributed by atoms with Crippen LogP contribution in [0.5, 0.6) is 5.75 Å². The van der Waals surface area contributed by atoms with Crippen LogP contribution in [0.15, 0.2) is 67.1 Å². The Morgan fingerprint density at radius 3 is 2.56 bits per heavy atom. The van der Waals surface area contributed by atoms with Crippen molar-refractivity contribution in [2.24, 2.45) is 0 Å². The number of anilines is 2. The summed E-state index contributed by atoms with van der Waals surface area (Å²) in [5, 5.41) is 4.38. The molecule has 0 spiro atoms. The normalized spacial score (nSPS) is 14.3. The van der Waals surface area contributed by atoms with Gasteiger partial charge in [0.25, 0.3) is 0 Å². The number of pyridine rings is 1. The molecule has 5 heterocycles. The van der Waals surface area contributed by atoms with Gasteiger partial charge in [-0.15, -0.1) is 5.10 Å². The summed E-state index contributed by atoms with van der Waals surface area (Å²) in [6.45, 7) is 2.74. The van der Waals surface area contributed by atoms with Gasteiger partial charge in [0, 0.05) is 38.1 Å². The number of hydrogen-bond donors (Lipinski definition) is 0. The quantitative estimate of drug-likeness (QED) is 0.304. The van der Waals surface area contributed by atoms with Crippen molar-refractivity contribution in [3.8, 4) is 5.75 Å². The van der Waals surface area contributed by atoms with Gasteiger partial charge in [-0.2, -0.15) is 13.2 Å². The molecular formula is C27H26F3N7O2. The maximum absolute atomic E-state index is 14.0. The van der Waals surface area contributed by atoms with E-state index in [0.29, 0.717) is 50.9 Å². The summed E-state index contributed by atoms with van der Waals surface area (Å²) in [7, 11) is 1.60. The van der Waals surface area contributed by atoms with Gasteiger partial charge in [0.15, 0.2) is 17.2 Å². The molecule has 0 amide bonds. The molecule has 0 atom stereocenters. The molecule has 0 N–H and O–H groups in total. The van der Waals surface area contributed by atoms with Crippen molar-refractivity contribution in [1.82, 2.24) is 24.0 Å². The SMILES string of the molecule is COc1ccc(CN(Cc2cn3ccccc3n2)c2cc(N3CCOCC3)nn3c(C(F)(F)F)cnc23)cc1. The van der Waals surface area contributed by atoms with Crippen LogP contribution in [0.25, 0.3) is 11.3 Å². The zero-order chi connectivity index (χ0) is 27.0. The Kier molecular flexibility index (Phi) is 6.47. The lowest BCUT2D eigenvalue weighted by Gasteiger charge is -2.30. The van der Waals surface area contributed by atoms with Gasteiger partial charge in [0.1, 0.15) is 11.4 Å². The predicted octanol–water partition coefficient (Wildman–Crippen LogP) is 4.45. The van der Waals surface area contributed by atoms with Gasteiger partial charge >= 0.3 is 6.18 Å². The molecule has 12 heteroatoms. The van der Waals surface area contributed by atoms with E-state index in [1.807, 2.05) is 75.1 Å². The molecule has 0 radical (unpaired) electrons. The first-order valence-electron chi connectivity index (χ1n) is 12.5. The van der Waals surface area contributed by atoms with Gasteiger partial charge in [-0.05, 0) is 29.8 Å². The molecule has 0 bridgehead atoms. The smallest absolute Gasteiger partial charge is 0.435 e. The number of nitrogens with zero attached hydrogens (tertiary/aromatic N) is 7. The fourth-order valence-electron chi connectivity index (χ4n) is 4.75. The van der Waals surface area contributed by atoms with E-state index in [-0.39, 0.29) is 5.65 Å². The van der Waals surface area contributed by atoms with Crippen LogP contribution in [0.3, 0.4) is 0 Å². The van der Waals surface area contributed by atoms with E-state index < -0.39 is 11.9 Å². The van der Waals surface area contributed by atoms with Crippen LogP contribution in [0.2, 0.25) is 0 Å². The summed E-state index contributed by atoms with van der Waals surface area (Å²) in [6, 6.07) is 15.1. The summed E-state index contributed by atoms with van der Waals surface area (Å²) in [5.74, 6) is 1.15. The molecule has 1 aromatic carbocycles. The van der Waals surface area contributed by atoms with Crippen LogP contribution in [0, 0.1) is 0 Å². The van der Waals surface area contributed by atoms with Gasteiger partial charge in [-0.25, -0.2) is 14.5 Å². The van der Waals surface area contributed by atoms with Crippen molar-refractivity contribution in [2.75, 3.05) is 43.2 Å². The summed E-state index contributed by atoms with van der Waals surface area (Å²) in [6.07, 6.45) is 0.0521. The van der Waals surface area contributed by atoms with Crippen LogP contribution >= 0.6 is 0 Å². The van der Waals surface area contributed by atoms with E-state index in [2.05, 4.69) is 10.1 Å². The summed E-state index contributed by atoms with van der Waals surface area (Å²) >= 11 is 0. The largest absolute Gasteiger partial charge is 0.497 e. The van der Waals surface area contributed by atoms with Gasteiger partial charge < -0.3 is 23.7 Å². The first-order chi connectivity index (χ1) is 18.9. The second-order valence-corrected chi connectivity index (χ2v) is 9.27. The topological polar surface area (TPSA) is 72.4 Å². The third kappa shape index (κ3) is 5.07. The Morgan fingerprint density at radius 1 is 1.05 bits per heavy atom. The minimum atomic E-state index is -4.62. The predicted molar refractivity (Wildman–Crippen MR) is 139 cm³/mol. The minimum absolute atomic E-state index is 0.122. The zero-order valence-corrected chi connectivity index (χ0v) is 21.2. The number of methoxy groups -OCH3 is 1. The van der Waals surface area contributed by atoms with Crippen LogP contribution < -0.4 is 14.5 Å². The lowest BCUT2D eigenvalue weighted by Crippen LogP contribution is -2.37. The first-order valence-corrected chi connectivity index (χ1v) is 12.5. The number of rotatable bonds is 7. The van der Waals surface area contributed by atoms with Gasteiger partial charge in [0.05, 0.1) is 44.4 Å². The van der Waals surface area contributed by atoms with Gasteiger partial charge in [-0.3, -0.25) is 0 Å². The summed E-state index contributed by atoms with van der Waals surface area (Å²) in [5.41, 5.74) is 2.22. The Balaban J connectivity index is 1.48. The number of alkyl halides is 3. The van der Waals surface area contributed by atoms with Crippen molar-refractivity contribution >= 4 is 22.8 Å². The number of aromatic nitrogens is 5. The highest BCUT2D eigenvalue weighted by molar-refractivity contribution is 5.73.